The van der Waals surface area contributed by atoms with Crippen molar-refractivity contribution in [1.29, 1.82) is 0 Å². The molecule has 0 spiro atoms. The van der Waals surface area contributed by atoms with Crippen LogP contribution in [0.4, 0.5) is 5.69 Å². The molecule has 134 valence electrons. The molecule has 0 aromatic heterocycles. The van der Waals surface area contributed by atoms with Crippen molar-refractivity contribution >= 4 is 21.6 Å². The summed E-state index contributed by atoms with van der Waals surface area (Å²) in [6.45, 7) is 4.22. The number of hydrogen-bond donors (Lipinski definition) is 1. The first-order valence-corrected chi connectivity index (χ1v) is 10.5. The highest BCUT2D eigenvalue weighted by Crippen LogP contribution is 2.24. The third-order valence-corrected chi connectivity index (χ3v) is 5.81. The van der Waals surface area contributed by atoms with E-state index in [-0.39, 0.29) is 24.9 Å². The number of nitrogens with one attached hydrogen (secondary N) is 1. The molecular weight excluding hydrogens is 324 g/mol. The van der Waals surface area contributed by atoms with E-state index in [4.69, 9.17) is 0 Å². The van der Waals surface area contributed by atoms with Crippen LogP contribution in [0.5, 0.6) is 0 Å². The lowest BCUT2D eigenvalue weighted by molar-refractivity contribution is -0.116. The molecule has 1 aromatic carbocycles. The van der Waals surface area contributed by atoms with Gasteiger partial charge in [-0.05, 0) is 49.9 Å². The zero-order chi connectivity index (χ0) is 17.7. The Labute approximate surface area is 145 Å². The monoisotopic (exact) mass is 352 g/mol. The Hall–Kier alpha value is -1.40. The topological polar surface area (TPSA) is 66.5 Å². The summed E-state index contributed by atoms with van der Waals surface area (Å²) in [5.74, 6) is -0.149. The molecule has 1 fully saturated rings. The predicted molar refractivity (Wildman–Crippen MR) is 97.6 cm³/mol. The van der Waals surface area contributed by atoms with Crippen LogP contribution in [0, 0.1) is 13.8 Å². The fraction of sp³-hybridized carbons (Fsp3) is 0.611. The molecule has 0 unspecified atom stereocenters. The van der Waals surface area contributed by atoms with Gasteiger partial charge in [-0.3, -0.25) is 4.79 Å². The van der Waals surface area contributed by atoms with E-state index in [0.717, 1.165) is 42.5 Å². The molecule has 0 atom stereocenters. The van der Waals surface area contributed by atoms with Crippen LogP contribution in [-0.2, 0) is 14.8 Å². The zero-order valence-corrected chi connectivity index (χ0v) is 15.7. The molecule has 0 heterocycles. The van der Waals surface area contributed by atoms with Crippen LogP contribution < -0.4 is 5.32 Å². The fourth-order valence-corrected chi connectivity index (χ4v) is 4.65. The molecule has 1 N–H and O–H groups in total. The standard InChI is InChI=1S/C18H28N2O3S/c1-14-11-15(2)13-16(12-14)19-18(21)9-10-20(24(3,22)23)17-7-5-4-6-8-17/h11-13,17H,4-10H2,1-3H3,(H,19,21). The van der Waals surface area contributed by atoms with E-state index in [1.165, 1.54) is 17.0 Å². The largest absolute Gasteiger partial charge is 0.326 e. The lowest BCUT2D eigenvalue weighted by Crippen LogP contribution is -2.42. The second-order valence-corrected chi connectivity index (χ2v) is 8.78. The van der Waals surface area contributed by atoms with E-state index < -0.39 is 10.0 Å². The predicted octanol–water partition coefficient (Wildman–Crippen LogP) is 3.23. The molecule has 2 rings (SSSR count). The number of hydrogen-bond acceptors (Lipinski definition) is 3. The van der Waals surface area contributed by atoms with E-state index in [2.05, 4.69) is 5.32 Å². The van der Waals surface area contributed by atoms with Gasteiger partial charge in [0, 0.05) is 24.7 Å². The number of carbonyl (C=O) groups excluding carboxylic acids is 1. The summed E-state index contributed by atoms with van der Waals surface area (Å²) in [4.78, 5) is 12.2. The van der Waals surface area contributed by atoms with Crippen molar-refractivity contribution in [2.24, 2.45) is 0 Å². The average molecular weight is 353 g/mol. The Morgan fingerprint density at radius 3 is 2.25 bits per heavy atom. The van der Waals surface area contributed by atoms with Crippen LogP contribution >= 0.6 is 0 Å². The molecule has 1 aromatic rings. The molecule has 0 aliphatic heterocycles. The number of sulfonamides is 1. The first-order valence-electron chi connectivity index (χ1n) is 8.60. The van der Waals surface area contributed by atoms with Crippen molar-refractivity contribution < 1.29 is 13.2 Å². The highest BCUT2D eigenvalue weighted by molar-refractivity contribution is 7.88. The molecule has 1 amide bonds. The molecule has 0 saturated heterocycles. The molecule has 1 aliphatic carbocycles. The van der Waals surface area contributed by atoms with Crippen LogP contribution in [0.1, 0.15) is 49.7 Å². The Bertz CT molecular complexity index is 659. The molecule has 24 heavy (non-hydrogen) atoms. The van der Waals surface area contributed by atoms with Gasteiger partial charge in [0.2, 0.25) is 15.9 Å². The van der Waals surface area contributed by atoms with Gasteiger partial charge >= 0.3 is 0 Å². The van der Waals surface area contributed by atoms with Gasteiger partial charge in [-0.25, -0.2) is 8.42 Å². The normalized spacial score (nSPS) is 16.3. The average Bonchev–Trinajstić information content (AvgIpc) is 2.46. The number of rotatable bonds is 6. The van der Waals surface area contributed by atoms with Crippen LogP contribution in [0.25, 0.3) is 0 Å². The van der Waals surface area contributed by atoms with Gasteiger partial charge in [-0.1, -0.05) is 25.3 Å². The van der Waals surface area contributed by atoms with Crippen molar-refractivity contribution in [3.05, 3.63) is 29.3 Å². The van der Waals surface area contributed by atoms with Crippen LogP contribution in [0.2, 0.25) is 0 Å². The summed E-state index contributed by atoms with van der Waals surface area (Å²) in [5, 5.41) is 2.87. The molecule has 0 bridgehead atoms. The first-order chi connectivity index (χ1) is 11.3. The Morgan fingerprint density at radius 1 is 1.12 bits per heavy atom. The smallest absolute Gasteiger partial charge is 0.225 e. The fourth-order valence-electron chi connectivity index (χ4n) is 3.47. The Balaban J connectivity index is 1.96. The summed E-state index contributed by atoms with van der Waals surface area (Å²) >= 11 is 0. The lowest BCUT2D eigenvalue weighted by Gasteiger charge is -2.32. The zero-order valence-electron chi connectivity index (χ0n) is 14.8. The summed E-state index contributed by atoms with van der Waals surface area (Å²) in [6.07, 6.45) is 6.50. The number of carbonyl (C=O) groups is 1. The van der Waals surface area contributed by atoms with E-state index in [1.54, 1.807) is 0 Å². The van der Waals surface area contributed by atoms with E-state index >= 15 is 0 Å². The maximum atomic E-state index is 12.2. The summed E-state index contributed by atoms with van der Waals surface area (Å²) in [6, 6.07) is 5.92. The highest BCUT2D eigenvalue weighted by Gasteiger charge is 2.28. The van der Waals surface area contributed by atoms with Gasteiger partial charge in [-0.15, -0.1) is 0 Å². The second kappa shape index (κ2) is 8.12. The van der Waals surface area contributed by atoms with Gasteiger partial charge < -0.3 is 5.32 Å². The number of aryl methyl sites for hydroxylation is 2. The van der Waals surface area contributed by atoms with Gasteiger partial charge in [0.05, 0.1) is 6.26 Å². The minimum atomic E-state index is -3.29. The first kappa shape index (κ1) is 18.9. The van der Waals surface area contributed by atoms with Crippen LogP contribution in [-0.4, -0.2) is 37.5 Å². The van der Waals surface area contributed by atoms with Gasteiger partial charge in [0.15, 0.2) is 0 Å². The SMILES string of the molecule is Cc1cc(C)cc(NC(=O)CCN(C2CCCCC2)S(C)(=O)=O)c1. The third kappa shape index (κ3) is 5.60. The molecule has 6 heteroatoms. The molecule has 5 nitrogen and oxygen atoms in total. The number of benzene rings is 1. The minimum Gasteiger partial charge on any atom is -0.326 e. The Kier molecular flexibility index (Phi) is 6.40. The second-order valence-electron chi connectivity index (χ2n) is 6.84. The van der Waals surface area contributed by atoms with Crippen molar-refractivity contribution in [2.75, 3.05) is 18.1 Å². The van der Waals surface area contributed by atoms with E-state index in [1.807, 2.05) is 32.0 Å². The quantitative estimate of drug-likeness (QED) is 0.855. The molecule has 1 saturated carbocycles. The maximum Gasteiger partial charge on any atom is 0.225 e. The van der Waals surface area contributed by atoms with Gasteiger partial charge in [0.25, 0.3) is 0 Å². The maximum absolute atomic E-state index is 12.2. The van der Waals surface area contributed by atoms with Gasteiger partial charge in [-0.2, -0.15) is 4.31 Å². The third-order valence-electron chi connectivity index (χ3n) is 4.47. The van der Waals surface area contributed by atoms with Crippen molar-refractivity contribution in [2.45, 2.75) is 58.4 Å². The van der Waals surface area contributed by atoms with Crippen LogP contribution in [0.3, 0.4) is 0 Å². The molecular formula is C18H28N2O3S. The molecule has 1 aliphatic rings. The number of amides is 1. The summed E-state index contributed by atoms with van der Waals surface area (Å²) in [5.41, 5.74) is 2.94. The van der Waals surface area contributed by atoms with Crippen molar-refractivity contribution in [3.63, 3.8) is 0 Å². The van der Waals surface area contributed by atoms with Crippen molar-refractivity contribution in [3.8, 4) is 0 Å². The summed E-state index contributed by atoms with van der Waals surface area (Å²) in [7, 11) is -3.29. The van der Waals surface area contributed by atoms with Crippen LogP contribution in [0.15, 0.2) is 18.2 Å². The number of nitrogens with zero attached hydrogens (tertiary/aromatic N) is 1. The van der Waals surface area contributed by atoms with Gasteiger partial charge in [0.1, 0.15) is 0 Å². The summed E-state index contributed by atoms with van der Waals surface area (Å²) < 4.78 is 25.7. The van der Waals surface area contributed by atoms with Crippen molar-refractivity contribution in [1.82, 2.24) is 4.31 Å². The highest BCUT2D eigenvalue weighted by atomic mass is 32.2. The number of anilines is 1. The molecule has 0 radical (unpaired) electrons. The Morgan fingerprint density at radius 2 is 1.71 bits per heavy atom. The van der Waals surface area contributed by atoms with E-state index in [0.29, 0.717) is 0 Å². The lowest BCUT2D eigenvalue weighted by atomic mass is 9.95. The minimum absolute atomic E-state index is 0.0442. The van der Waals surface area contributed by atoms with E-state index in [9.17, 15) is 13.2 Å².